The summed E-state index contributed by atoms with van der Waals surface area (Å²) in [4.78, 5) is 24.4. The molecule has 0 bridgehead atoms. The number of esters is 1. The monoisotopic (exact) mass is 341 g/mol. The van der Waals surface area contributed by atoms with E-state index in [0.717, 1.165) is 32.1 Å². The molecular formula is C16H17Cl2NO3. The highest BCUT2D eigenvalue weighted by Crippen LogP contribution is 2.44. The van der Waals surface area contributed by atoms with Crippen molar-refractivity contribution in [1.29, 1.82) is 0 Å². The Hall–Kier alpha value is -1.26. The Morgan fingerprint density at radius 2 is 1.91 bits per heavy atom. The van der Waals surface area contributed by atoms with E-state index in [1.165, 1.54) is 0 Å². The topological polar surface area (TPSA) is 55.4 Å². The van der Waals surface area contributed by atoms with E-state index >= 15 is 0 Å². The Morgan fingerprint density at radius 3 is 2.59 bits per heavy atom. The zero-order valence-corrected chi connectivity index (χ0v) is 13.5. The number of carbonyl (C=O) groups is 2. The number of rotatable bonds is 2. The first-order chi connectivity index (χ1) is 10.5. The summed E-state index contributed by atoms with van der Waals surface area (Å²) in [6.07, 6.45) is 4.78. The first-order valence-electron chi connectivity index (χ1n) is 7.48. The zero-order valence-electron chi connectivity index (χ0n) is 12.0. The SMILES string of the molecule is O=C1C[C@H](C(=O)Nc2ccc(Cl)c(Cl)c2)C2(CCCCC2)O1. The third-order valence-electron chi connectivity index (χ3n) is 4.53. The molecule has 2 aliphatic rings. The lowest BCUT2D eigenvalue weighted by atomic mass is 9.75. The third-order valence-corrected chi connectivity index (χ3v) is 5.27. The average molecular weight is 342 g/mol. The van der Waals surface area contributed by atoms with Crippen LogP contribution in [0.25, 0.3) is 0 Å². The van der Waals surface area contributed by atoms with E-state index in [0.29, 0.717) is 15.7 Å². The average Bonchev–Trinajstić information content (AvgIpc) is 2.80. The predicted molar refractivity (Wildman–Crippen MR) is 85.1 cm³/mol. The molecule has 2 fully saturated rings. The molecule has 1 saturated carbocycles. The molecule has 0 radical (unpaired) electrons. The highest BCUT2D eigenvalue weighted by molar-refractivity contribution is 6.42. The Balaban J connectivity index is 1.78. The van der Waals surface area contributed by atoms with Crippen LogP contribution in [0.1, 0.15) is 38.5 Å². The summed E-state index contributed by atoms with van der Waals surface area (Å²) in [5.74, 6) is -0.905. The van der Waals surface area contributed by atoms with E-state index < -0.39 is 11.5 Å². The van der Waals surface area contributed by atoms with E-state index in [4.69, 9.17) is 27.9 Å². The first-order valence-corrected chi connectivity index (χ1v) is 8.23. The quantitative estimate of drug-likeness (QED) is 0.820. The molecule has 1 aliphatic heterocycles. The Morgan fingerprint density at radius 1 is 1.18 bits per heavy atom. The summed E-state index contributed by atoms with van der Waals surface area (Å²) in [5.41, 5.74) is -0.0416. The number of ether oxygens (including phenoxy) is 1. The Kier molecular flexibility index (Phi) is 4.33. The van der Waals surface area contributed by atoms with Crippen LogP contribution in [-0.4, -0.2) is 17.5 Å². The van der Waals surface area contributed by atoms with Crippen LogP contribution in [0.2, 0.25) is 10.0 Å². The van der Waals surface area contributed by atoms with E-state index in [-0.39, 0.29) is 18.3 Å². The molecule has 1 atom stereocenters. The first kappa shape index (κ1) is 15.6. The van der Waals surface area contributed by atoms with Crippen molar-refractivity contribution in [2.45, 2.75) is 44.1 Å². The molecule has 1 aromatic rings. The van der Waals surface area contributed by atoms with Crippen LogP contribution in [0.15, 0.2) is 18.2 Å². The van der Waals surface area contributed by atoms with Crippen molar-refractivity contribution in [3.8, 4) is 0 Å². The van der Waals surface area contributed by atoms with Crippen LogP contribution in [0.5, 0.6) is 0 Å². The lowest BCUT2D eigenvalue weighted by Crippen LogP contribution is -2.43. The molecule has 4 nitrogen and oxygen atoms in total. The highest BCUT2D eigenvalue weighted by atomic mass is 35.5. The van der Waals surface area contributed by atoms with E-state index in [1.54, 1.807) is 18.2 Å². The summed E-state index contributed by atoms with van der Waals surface area (Å²) in [6.45, 7) is 0. The van der Waals surface area contributed by atoms with Gasteiger partial charge in [0.25, 0.3) is 0 Å². The molecule has 1 heterocycles. The van der Waals surface area contributed by atoms with Gasteiger partial charge in [0, 0.05) is 5.69 Å². The van der Waals surface area contributed by atoms with Crippen molar-refractivity contribution in [2.75, 3.05) is 5.32 Å². The number of benzene rings is 1. The van der Waals surface area contributed by atoms with Crippen molar-refractivity contribution in [3.63, 3.8) is 0 Å². The fourth-order valence-corrected chi connectivity index (χ4v) is 3.73. The minimum Gasteiger partial charge on any atom is -0.458 e. The maximum atomic E-state index is 12.6. The van der Waals surface area contributed by atoms with Crippen molar-refractivity contribution >= 4 is 40.8 Å². The molecule has 1 N–H and O–H groups in total. The van der Waals surface area contributed by atoms with Crippen molar-refractivity contribution in [1.82, 2.24) is 0 Å². The summed E-state index contributed by atoms with van der Waals surface area (Å²) >= 11 is 11.8. The van der Waals surface area contributed by atoms with Crippen molar-refractivity contribution in [2.24, 2.45) is 5.92 Å². The molecule has 1 spiro atoms. The van der Waals surface area contributed by atoms with Gasteiger partial charge in [-0.25, -0.2) is 0 Å². The number of nitrogens with one attached hydrogen (secondary N) is 1. The number of hydrogen-bond acceptors (Lipinski definition) is 3. The Bertz CT molecular complexity index is 611. The predicted octanol–water partition coefficient (Wildman–Crippen LogP) is 4.20. The molecule has 1 aromatic carbocycles. The van der Waals surface area contributed by atoms with Gasteiger partial charge in [0.1, 0.15) is 5.60 Å². The lowest BCUT2D eigenvalue weighted by Gasteiger charge is -2.36. The summed E-state index contributed by atoms with van der Waals surface area (Å²) in [6, 6.07) is 4.93. The second-order valence-electron chi connectivity index (χ2n) is 5.97. The molecule has 3 rings (SSSR count). The molecule has 22 heavy (non-hydrogen) atoms. The van der Waals surface area contributed by atoms with Gasteiger partial charge in [-0.1, -0.05) is 29.6 Å². The van der Waals surface area contributed by atoms with Crippen LogP contribution in [0, 0.1) is 5.92 Å². The third kappa shape index (κ3) is 2.95. The molecular weight excluding hydrogens is 325 g/mol. The van der Waals surface area contributed by atoms with Gasteiger partial charge >= 0.3 is 5.97 Å². The normalized spacial score (nSPS) is 23.4. The highest BCUT2D eigenvalue weighted by Gasteiger charge is 2.52. The summed E-state index contributed by atoms with van der Waals surface area (Å²) < 4.78 is 5.56. The fourth-order valence-electron chi connectivity index (χ4n) is 3.43. The molecule has 0 aromatic heterocycles. The van der Waals surface area contributed by atoms with Gasteiger partial charge in [-0.3, -0.25) is 9.59 Å². The minimum atomic E-state index is -0.615. The van der Waals surface area contributed by atoms with Gasteiger partial charge in [0.15, 0.2) is 0 Å². The van der Waals surface area contributed by atoms with E-state index in [2.05, 4.69) is 5.32 Å². The van der Waals surface area contributed by atoms with Crippen LogP contribution in [0.4, 0.5) is 5.69 Å². The zero-order chi connectivity index (χ0) is 15.7. The van der Waals surface area contributed by atoms with Gasteiger partial charge in [-0.05, 0) is 43.9 Å². The molecule has 0 unspecified atom stereocenters. The number of amides is 1. The maximum absolute atomic E-state index is 12.6. The second kappa shape index (κ2) is 6.09. The van der Waals surface area contributed by atoms with Crippen molar-refractivity contribution in [3.05, 3.63) is 28.2 Å². The van der Waals surface area contributed by atoms with Gasteiger partial charge < -0.3 is 10.1 Å². The van der Waals surface area contributed by atoms with Gasteiger partial charge in [-0.2, -0.15) is 0 Å². The minimum absolute atomic E-state index is 0.146. The number of hydrogen-bond donors (Lipinski definition) is 1. The number of anilines is 1. The molecule has 1 amide bonds. The lowest BCUT2D eigenvalue weighted by molar-refractivity contribution is -0.153. The van der Waals surface area contributed by atoms with Gasteiger partial charge in [-0.15, -0.1) is 0 Å². The van der Waals surface area contributed by atoms with Crippen LogP contribution < -0.4 is 5.32 Å². The van der Waals surface area contributed by atoms with Crippen LogP contribution in [0.3, 0.4) is 0 Å². The van der Waals surface area contributed by atoms with Gasteiger partial charge in [0.2, 0.25) is 5.91 Å². The molecule has 1 aliphatic carbocycles. The summed E-state index contributed by atoms with van der Waals surface area (Å²) in [5, 5.41) is 3.64. The van der Waals surface area contributed by atoms with E-state index in [1.807, 2.05) is 0 Å². The molecule has 1 saturated heterocycles. The fraction of sp³-hybridized carbons (Fsp3) is 0.500. The van der Waals surface area contributed by atoms with E-state index in [9.17, 15) is 9.59 Å². The maximum Gasteiger partial charge on any atom is 0.307 e. The van der Waals surface area contributed by atoms with Crippen molar-refractivity contribution < 1.29 is 14.3 Å². The Labute approximate surface area is 139 Å². The standard InChI is InChI=1S/C16H17Cl2NO3/c17-12-5-4-10(8-13(12)18)19-15(21)11-9-14(20)22-16(11)6-2-1-3-7-16/h4-5,8,11H,1-3,6-7,9H2,(H,19,21)/t11-/m1/s1. The largest absolute Gasteiger partial charge is 0.458 e. The van der Waals surface area contributed by atoms with Gasteiger partial charge in [0.05, 0.1) is 22.4 Å². The number of halogens is 2. The smallest absolute Gasteiger partial charge is 0.307 e. The number of carbonyl (C=O) groups excluding carboxylic acids is 2. The van der Waals surface area contributed by atoms with Crippen LogP contribution in [-0.2, 0) is 14.3 Å². The van der Waals surface area contributed by atoms with Crippen LogP contribution >= 0.6 is 23.2 Å². The molecule has 6 heteroatoms. The second-order valence-corrected chi connectivity index (χ2v) is 6.79. The summed E-state index contributed by atoms with van der Waals surface area (Å²) in [7, 11) is 0. The molecule has 118 valence electrons.